The molecular weight excluding hydrogens is 218 g/mol. The Kier molecular flexibility index (Phi) is 4.12. The number of carbonyl (C=O) groups excluding carboxylic acids is 1. The Morgan fingerprint density at radius 3 is 2.71 bits per heavy atom. The highest BCUT2D eigenvalue weighted by Crippen LogP contribution is 2.20. The van der Waals surface area contributed by atoms with E-state index in [0.717, 1.165) is 5.56 Å². The van der Waals surface area contributed by atoms with Gasteiger partial charge in [-0.25, -0.2) is 0 Å². The topological polar surface area (TPSA) is 58.6 Å². The van der Waals surface area contributed by atoms with Gasteiger partial charge in [0, 0.05) is 12.5 Å². The molecule has 1 saturated heterocycles. The van der Waals surface area contributed by atoms with Crippen molar-refractivity contribution in [3.63, 3.8) is 0 Å². The number of hydrogen-bond donors (Lipinski definition) is 2. The number of hydrogen-bond acceptors (Lipinski definition) is 3. The summed E-state index contributed by atoms with van der Waals surface area (Å²) in [6, 6.07) is 9.87. The summed E-state index contributed by atoms with van der Waals surface area (Å²) in [7, 11) is 0. The highest BCUT2D eigenvalue weighted by Gasteiger charge is 2.31. The summed E-state index contributed by atoms with van der Waals surface area (Å²) in [5, 5.41) is 11.8. The zero-order valence-electron chi connectivity index (χ0n) is 9.43. The van der Waals surface area contributed by atoms with Crippen LogP contribution in [0.15, 0.2) is 30.3 Å². The van der Waals surface area contributed by atoms with Crippen LogP contribution >= 0.6 is 0 Å². The minimum atomic E-state index is -0.845. The van der Waals surface area contributed by atoms with Gasteiger partial charge < -0.3 is 15.2 Å². The Morgan fingerprint density at radius 2 is 2.06 bits per heavy atom. The zero-order valence-corrected chi connectivity index (χ0v) is 9.43. The van der Waals surface area contributed by atoms with E-state index < -0.39 is 6.23 Å². The number of ether oxygens (including phenoxy) is 1. The first-order chi connectivity index (χ1) is 8.25. The second-order valence-corrected chi connectivity index (χ2v) is 3.92. The second kappa shape index (κ2) is 5.80. The zero-order chi connectivity index (χ0) is 12.1. The van der Waals surface area contributed by atoms with Crippen LogP contribution in [0.2, 0.25) is 0 Å². The molecule has 1 aliphatic rings. The molecule has 1 heterocycles. The first-order valence-electron chi connectivity index (χ1n) is 5.56. The summed E-state index contributed by atoms with van der Waals surface area (Å²) in [6.07, 6.45) is 1.14. The molecule has 2 rings (SSSR count). The quantitative estimate of drug-likeness (QED) is 0.740. The first kappa shape index (κ1) is 12.1. The van der Waals surface area contributed by atoms with E-state index in [0.29, 0.717) is 25.6 Å². The van der Waals surface area contributed by atoms with Crippen LogP contribution < -0.4 is 5.32 Å². The Morgan fingerprint density at radius 1 is 1.29 bits per heavy atom. The molecule has 0 spiro atoms. The lowest BCUT2D eigenvalue weighted by atomic mass is 10.0. The van der Waals surface area contributed by atoms with Crippen molar-refractivity contribution in [2.45, 2.75) is 19.3 Å². The van der Waals surface area contributed by atoms with Crippen molar-refractivity contribution in [2.75, 3.05) is 6.61 Å². The van der Waals surface area contributed by atoms with Crippen molar-refractivity contribution in [1.82, 2.24) is 5.32 Å². The molecule has 0 saturated carbocycles. The van der Waals surface area contributed by atoms with Gasteiger partial charge in [0.15, 0.2) is 0 Å². The largest absolute Gasteiger partial charge is 0.377 e. The van der Waals surface area contributed by atoms with Gasteiger partial charge in [0.1, 0.15) is 6.23 Å². The van der Waals surface area contributed by atoms with E-state index in [-0.39, 0.29) is 5.91 Å². The summed E-state index contributed by atoms with van der Waals surface area (Å²) in [5.41, 5.74) is 1.11. The molecular formula is C13H15NO3. The Bertz CT molecular complexity index is 366. The fourth-order valence-electron chi connectivity index (χ4n) is 1.68. The molecule has 2 radical (unpaired) electrons. The van der Waals surface area contributed by atoms with Gasteiger partial charge in [-0.3, -0.25) is 4.79 Å². The van der Waals surface area contributed by atoms with Gasteiger partial charge in [-0.2, -0.15) is 0 Å². The average molecular weight is 233 g/mol. The van der Waals surface area contributed by atoms with Gasteiger partial charge >= 0.3 is 0 Å². The number of carbonyl (C=O) groups is 1. The van der Waals surface area contributed by atoms with Crippen LogP contribution in [0.3, 0.4) is 0 Å². The van der Waals surface area contributed by atoms with Crippen molar-refractivity contribution < 1.29 is 14.6 Å². The molecule has 2 N–H and O–H groups in total. The molecule has 4 nitrogen and oxygen atoms in total. The predicted octanol–water partition coefficient (Wildman–Crippen LogP) is 0.820. The minimum absolute atomic E-state index is 0.240. The maximum Gasteiger partial charge on any atom is 0.226 e. The molecule has 0 aliphatic carbocycles. The number of rotatable bonds is 5. The van der Waals surface area contributed by atoms with Gasteiger partial charge in [0.2, 0.25) is 5.91 Å². The standard InChI is InChI=1S/C13H15NO3/c15-12-8-11(13(16)14-12)6-7-17-9-10-4-2-1-3-5-10/h1-5,8,13,16H,6-7,9H2,(H,14,15). The van der Waals surface area contributed by atoms with Crippen LogP contribution in [-0.2, 0) is 16.1 Å². The molecule has 1 aliphatic heterocycles. The number of amides is 1. The predicted molar refractivity (Wildman–Crippen MR) is 62.4 cm³/mol. The number of aliphatic hydroxyl groups is 1. The van der Waals surface area contributed by atoms with Crippen molar-refractivity contribution in [1.29, 1.82) is 0 Å². The third kappa shape index (κ3) is 3.54. The van der Waals surface area contributed by atoms with Gasteiger partial charge in [0.05, 0.1) is 13.0 Å². The maximum atomic E-state index is 10.9. The molecule has 90 valence electrons. The fourth-order valence-corrected chi connectivity index (χ4v) is 1.68. The summed E-state index contributed by atoms with van der Waals surface area (Å²) in [4.78, 5) is 10.9. The van der Waals surface area contributed by atoms with Crippen LogP contribution in [0, 0.1) is 12.3 Å². The molecule has 1 atom stereocenters. The lowest BCUT2D eigenvalue weighted by molar-refractivity contribution is -0.117. The van der Waals surface area contributed by atoms with E-state index >= 15 is 0 Å². The van der Waals surface area contributed by atoms with E-state index in [4.69, 9.17) is 4.74 Å². The Hall–Kier alpha value is -1.39. The number of nitrogens with one attached hydrogen (secondary N) is 1. The van der Waals surface area contributed by atoms with E-state index in [1.165, 1.54) is 6.42 Å². The van der Waals surface area contributed by atoms with E-state index in [1.807, 2.05) is 30.3 Å². The smallest absolute Gasteiger partial charge is 0.226 e. The number of aliphatic hydroxyl groups excluding tert-OH is 1. The summed E-state index contributed by atoms with van der Waals surface area (Å²) in [5.74, 6) is 0.443. The molecule has 1 aromatic carbocycles. The molecule has 17 heavy (non-hydrogen) atoms. The molecule has 0 bridgehead atoms. The third-order valence-electron chi connectivity index (χ3n) is 2.59. The van der Waals surface area contributed by atoms with Crippen LogP contribution in [0.25, 0.3) is 0 Å². The van der Waals surface area contributed by atoms with Crippen LogP contribution in [0.4, 0.5) is 0 Å². The third-order valence-corrected chi connectivity index (χ3v) is 2.59. The van der Waals surface area contributed by atoms with Crippen LogP contribution in [-0.4, -0.2) is 23.8 Å². The van der Waals surface area contributed by atoms with Crippen molar-refractivity contribution in [3.8, 4) is 0 Å². The number of benzene rings is 1. The lowest BCUT2D eigenvalue weighted by Gasteiger charge is -2.11. The van der Waals surface area contributed by atoms with Gasteiger partial charge in [-0.1, -0.05) is 30.3 Å². The summed E-state index contributed by atoms with van der Waals surface area (Å²) >= 11 is 0. The first-order valence-corrected chi connectivity index (χ1v) is 5.56. The fraction of sp³-hybridized carbons (Fsp3) is 0.308. The molecule has 4 heteroatoms. The van der Waals surface area contributed by atoms with Crippen molar-refractivity contribution >= 4 is 5.91 Å². The van der Waals surface area contributed by atoms with Crippen molar-refractivity contribution in [3.05, 3.63) is 48.2 Å². The van der Waals surface area contributed by atoms with Crippen molar-refractivity contribution in [2.24, 2.45) is 0 Å². The summed E-state index contributed by atoms with van der Waals surface area (Å²) in [6.45, 7) is 1.04. The Labute approximate surface area is 101 Å². The summed E-state index contributed by atoms with van der Waals surface area (Å²) < 4.78 is 5.47. The molecule has 1 unspecified atom stereocenters. The second-order valence-electron chi connectivity index (χ2n) is 3.92. The SMILES string of the molecule is O=C1[CH][C](CCOCc2ccccc2)C(O)N1. The van der Waals surface area contributed by atoms with E-state index in [2.05, 4.69) is 5.32 Å². The molecule has 0 aromatic heterocycles. The normalized spacial score (nSPS) is 20.5. The highest BCUT2D eigenvalue weighted by atomic mass is 16.5. The molecule has 1 amide bonds. The van der Waals surface area contributed by atoms with Gasteiger partial charge in [-0.15, -0.1) is 0 Å². The monoisotopic (exact) mass is 233 g/mol. The average Bonchev–Trinajstić information content (AvgIpc) is 2.65. The van der Waals surface area contributed by atoms with Crippen LogP contribution in [0.5, 0.6) is 0 Å². The van der Waals surface area contributed by atoms with Gasteiger partial charge in [-0.05, 0) is 12.0 Å². The highest BCUT2D eigenvalue weighted by molar-refractivity contribution is 5.91. The minimum Gasteiger partial charge on any atom is -0.377 e. The Balaban J connectivity index is 1.65. The van der Waals surface area contributed by atoms with E-state index in [9.17, 15) is 9.90 Å². The van der Waals surface area contributed by atoms with E-state index in [1.54, 1.807) is 0 Å². The molecule has 1 fully saturated rings. The van der Waals surface area contributed by atoms with Crippen LogP contribution in [0.1, 0.15) is 12.0 Å². The van der Waals surface area contributed by atoms with Gasteiger partial charge in [0.25, 0.3) is 0 Å². The lowest BCUT2D eigenvalue weighted by Crippen LogP contribution is -2.27. The molecule has 1 aromatic rings. The maximum absolute atomic E-state index is 10.9.